The van der Waals surface area contributed by atoms with Gasteiger partial charge in [-0.2, -0.15) is 0 Å². The van der Waals surface area contributed by atoms with Crippen molar-refractivity contribution in [2.24, 2.45) is 5.41 Å². The highest BCUT2D eigenvalue weighted by molar-refractivity contribution is 6.30. The fourth-order valence-electron chi connectivity index (χ4n) is 4.82. The van der Waals surface area contributed by atoms with E-state index in [9.17, 15) is 19.8 Å². The maximum Gasteiger partial charge on any atom is 0.430 e. The van der Waals surface area contributed by atoms with Crippen molar-refractivity contribution in [1.82, 2.24) is 14.9 Å². The van der Waals surface area contributed by atoms with Crippen LogP contribution in [0.15, 0.2) is 24.3 Å². The summed E-state index contributed by atoms with van der Waals surface area (Å²) in [5.74, 6) is -0.0639. The predicted molar refractivity (Wildman–Crippen MR) is 124 cm³/mol. The van der Waals surface area contributed by atoms with Crippen LogP contribution >= 0.6 is 11.6 Å². The van der Waals surface area contributed by atoms with Crippen LogP contribution in [0.4, 0.5) is 10.5 Å². The van der Waals surface area contributed by atoms with E-state index in [0.717, 1.165) is 32.4 Å². The molecule has 0 radical (unpaired) electrons. The molecule has 9 nitrogen and oxygen atoms in total. The van der Waals surface area contributed by atoms with E-state index in [1.807, 2.05) is 0 Å². The van der Waals surface area contributed by atoms with Gasteiger partial charge in [-0.15, -0.1) is 5.06 Å². The van der Waals surface area contributed by atoms with Crippen LogP contribution in [0.5, 0.6) is 0 Å². The number of anilines is 1. The third-order valence-electron chi connectivity index (χ3n) is 7.15. The lowest BCUT2D eigenvalue weighted by Crippen LogP contribution is -2.48. The first-order valence-electron chi connectivity index (χ1n) is 11.7. The highest BCUT2D eigenvalue weighted by atomic mass is 35.5. The minimum absolute atomic E-state index is 0.0639. The molecule has 2 saturated heterocycles. The Balaban J connectivity index is 1.25. The van der Waals surface area contributed by atoms with Crippen molar-refractivity contribution in [3.8, 4) is 0 Å². The van der Waals surface area contributed by atoms with E-state index < -0.39 is 6.09 Å². The predicted octanol–water partition coefficient (Wildman–Crippen LogP) is 1.94. The number of piperidine rings is 1. The van der Waals surface area contributed by atoms with Crippen LogP contribution in [0.2, 0.25) is 5.02 Å². The van der Waals surface area contributed by atoms with Gasteiger partial charge in [0.1, 0.15) is 0 Å². The largest absolute Gasteiger partial charge is 0.430 e. The molecule has 3 fully saturated rings. The van der Waals surface area contributed by atoms with Crippen molar-refractivity contribution >= 4 is 29.3 Å². The van der Waals surface area contributed by atoms with Gasteiger partial charge in [0.2, 0.25) is 5.91 Å². The number of carbonyl (C=O) groups excluding carboxylic acids is 2. The molecule has 2 heterocycles. The van der Waals surface area contributed by atoms with Crippen LogP contribution in [0.1, 0.15) is 32.1 Å². The second-order valence-electron chi connectivity index (χ2n) is 9.33. The van der Waals surface area contributed by atoms with Gasteiger partial charge in [0, 0.05) is 43.3 Å². The second kappa shape index (κ2) is 10.6. The fourth-order valence-corrected chi connectivity index (χ4v) is 5.01. The van der Waals surface area contributed by atoms with Gasteiger partial charge < -0.3 is 24.9 Å². The van der Waals surface area contributed by atoms with Gasteiger partial charge in [-0.1, -0.05) is 17.7 Å². The van der Waals surface area contributed by atoms with Gasteiger partial charge in [-0.3, -0.25) is 10.1 Å². The van der Waals surface area contributed by atoms with Gasteiger partial charge in [-0.05, 0) is 55.8 Å². The maximum absolute atomic E-state index is 12.7. The Kier molecular flexibility index (Phi) is 7.76. The molecule has 1 aromatic rings. The zero-order valence-electron chi connectivity index (χ0n) is 18.8. The molecule has 3 aliphatic rings. The van der Waals surface area contributed by atoms with Gasteiger partial charge >= 0.3 is 6.09 Å². The molecule has 3 N–H and O–H groups in total. The number of hydrogen-bond donors (Lipinski definition) is 3. The van der Waals surface area contributed by atoms with Crippen LogP contribution in [0.3, 0.4) is 0 Å². The third kappa shape index (κ3) is 6.16. The molecule has 2 amide bonds. The standard InChI is InChI=1S/C23H33ClN4O5/c24-17-2-1-3-18(14-17)25-22(32)33-27-10-5-21(31)28(13-12-27)19(16-29)4-9-26-11-8-23(6-7-23)20(30)15-26/h1-3,14,19-20,29-30H,4-13,15-16H2,(H,25,32)/t19-,20+/m0/s1. The fraction of sp³-hybridized carbons (Fsp3) is 0.652. The number of aliphatic hydroxyl groups excluding tert-OH is 2. The molecule has 182 valence electrons. The summed E-state index contributed by atoms with van der Waals surface area (Å²) >= 11 is 5.93. The minimum atomic E-state index is -0.644. The Hall–Kier alpha value is -1.91. The molecular formula is C23H33ClN4O5. The molecule has 0 bridgehead atoms. The number of hydroxylamine groups is 2. The first-order valence-corrected chi connectivity index (χ1v) is 12.1. The number of hydrogen-bond acceptors (Lipinski definition) is 7. The first kappa shape index (κ1) is 24.2. The smallest absolute Gasteiger partial charge is 0.394 e. The number of benzene rings is 1. The quantitative estimate of drug-likeness (QED) is 0.547. The zero-order chi connectivity index (χ0) is 23.4. The second-order valence-corrected chi connectivity index (χ2v) is 9.77. The van der Waals surface area contributed by atoms with Crippen LogP contribution in [0, 0.1) is 5.41 Å². The zero-order valence-corrected chi connectivity index (χ0v) is 19.5. The van der Waals surface area contributed by atoms with Gasteiger partial charge in [0.25, 0.3) is 0 Å². The Bertz CT molecular complexity index is 852. The maximum atomic E-state index is 12.7. The Morgan fingerprint density at radius 2 is 2.06 bits per heavy atom. The number of amides is 2. The van der Waals surface area contributed by atoms with E-state index in [1.54, 1.807) is 29.2 Å². The summed E-state index contributed by atoms with van der Waals surface area (Å²) in [6.45, 7) is 3.22. The molecular weight excluding hydrogens is 448 g/mol. The van der Waals surface area contributed by atoms with Crippen LogP contribution < -0.4 is 5.32 Å². The topological polar surface area (TPSA) is 106 Å². The van der Waals surface area contributed by atoms with Crippen molar-refractivity contribution in [2.45, 2.75) is 44.2 Å². The number of halogens is 1. The number of nitrogens with zero attached hydrogens (tertiary/aromatic N) is 3. The molecule has 4 rings (SSSR count). The number of carbonyl (C=O) groups is 2. The molecule has 33 heavy (non-hydrogen) atoms. The monoisotopic (exact) mass is 480 g/mol. The lowest BCUT2D eigenvalue weighted by molar-refractivity contribution is -0.134. The third-order valence-corrected chi connectivity index (χ3v) is 7.39. The van der Waals surface area contributed by atoms with Crippen molar-refractivity contribution in [3.63, 3.8) is 0 Å². The molecule has 2 atom stereocenters. The molecule has 1 aliphatic carbocycles. The normalized spacial score (nSPS) is 24.4. The Labute approximate surface area is 199 Å². The molecule has 0 unspecified atom stereocenters. The number of β-amino-alcohol motifs (C(OH)–C–C–N with tert-alkyl or cyclic N) is 1. The number of aliphatic hydroxyl groups is 2. The highest BCUT2D eigenvalue weighted by Gasteiger charge is 2.51. The summed E-state index contributed by atoms with van der Waals surface area (Å²) in [5, 5.41) is 25.0. The van der Waals surface area contributed by atoms with E-state index in [1.165, 1.54) is 5.06 Å². The summed E-state index contributed by atoms with van der Waals surface area (Å²) in [7, 11) is 0. The molecule has 1 spiro atoms. The molecule has 2 aliphatic heterocycles. The summed E-state index contributed by atoms with van der Waals surface area (Å²) in [6.07, 6.45) is 3.18. The van der Waals surface area contributed by atoms with Crippen LogP contribution in [0.25, 0.3) is 0 Å². The Morgan fingerprint density at radius 1 is 1.24 bits per heavy atom. The van der Waals surface area contributed by atoms with Crippen LogP contribution in [-0.4, -0.2) is 95.1 Å². The van der Waals surface area contributed by atoms with Crippen molar-refractivity contribution in [1.29, 1.82) is 0 Å². The summed E-state index contributed by atoms with van der Waals surface area (Å²) in [4.78, 5) is 34.3. The summed E-state index contributed by atoms with van der Waals surface area (Å²) in [6, 6.07) is 6.46. The number of rotatable bonds is 7. The lowest BCUT2D eigenvalue weighted by Gasteiger charge is -2.38. The average molecular weight is 481 g/mol. The van der Waals surface area contributed by atoms with E-state index in [0.29, 0.717) is 36.8 Å². The molecule has 0 aromatic heterocycles. The van der Waals surface area contributed by atoms with Gasteiger partial charge in [-0.25, -0.2) is 4.79 Å². The Morgan fingerprint density at radius 3 is 2.76 bits per heavy atom. The summed E-state index contributed by atoms with van der Waals surface area (Å²) < 4.78 is 0. The minimum Gasteiger partial charge on any atom is -0.394 e. The highest BCUT2D eigenvalue weighted by Crippen LogP contribution is 2.53. The van der Waals surface area contributed by atoms with E-state index in [-0.39, 0.29) is 43.0 Å². The average Bonchev–Trinajstić information content (AvgIpc) is 3.58. The SMILES string of the molecule is O=C(Nc1cccc(Cl)c1)ON1CCC(=O)N([C@H](CO)CCN2CCC3(CC3)[C@H](O)C2)CC1. The lowest BCUT2D eigenvalue weighted by atomic mass is 9.90. The van der Waals surface area contributed by atoms with E-state index >= 15 is 0 Å². The van der Waals surface area contributed by atoms with E-state index in [4.69, 9.17) is 16.4 Å². The van der Waals surface area contributed by atoms with Crippen LogP contribution in [-0.2, 0) is 9.63 Å². The molecule has 10 heteroatoms. The molecule has 1 aromatic carbocycles. The number of nitrogens with one attached hydrogen (secondary N) is 1. The van der Waals surface area contributed by atoms with Crippen molar-refractivity contribution in [2.75, 3.05) is 51.2 Å². The van der Waals surface area contributed by atoms with Crippen molar-refractivity contribution in [3.05, 3.63) is 29.3 Å². The summed E-state index contributed by atoms with van der Waals surface area (Å²) in [5.41, 5.74) is 0.687. The van der Waals surface area contributed by atoms with Crippen molar-refractivity contribution < 1.29 is 24.6 Å². The first-order chi connectivity index (χ1) is 15.9. The van der Waals surface area contributed by atoms with Gasteiger partial charge in [0.05, 0.1) is 25.3 Å². The molecule has 1 saturated carbocycles. The van der Waals surface area contributed by atoms with E-state index in [2.05, 4.69) is 10.2 Å². The van der Waals surface area contributed by atoms with Gasteiger partial charge in [0.15, 0.2) is 0 Å². The number of likely N-dealkylation sites (tertiary alicyclic amines) is 1.